The van der Waals surface area contributed by atoms with Crippen LogP contribution in [0.4, 0.5) is 5.69 Å². The van der Waals surface area contributed by atoms with E-state index in [2.05, 4.69) is 0 Å². The lowest BCUT2D eigenvalue weighted by atomic mass is 9.64. The van der Waals surface area contributed by atoms with Crippen LogP contribution in [0.15, 0.2) is 42.5 Å². The summed E-state index contributed by atoms with van der Waals surface area (Å²) >= 11 is 0. The molecule has 4 unspecified atom stereocenters. The minimum absolute atomic E-state index is 0.141. The van der Waals surface area contributed by atoms with E-state index in [1.165, 1.54) is 4.90 Å². The largest absolute Gasteiger partial charge is 0.368 e. The van der Waals surface area contributed by atoms with E-state index in [9.17, 15) is 9.59 Å². The molecule has 23 heavy (non-hydrogen) atoms. The zero-order chi connectivity index (χ0) is 16.8. The van der Waals surface area contributed by atoms with Crippen molar-refractivity contribution in [3.8, 4) is 0 Å². The van der Waals surface area contributed by atoms with Crippen molar-refractivity contribution in [2.45, 2.75) is 46.3 Å². The number of rotatable bonds is 1. The van der Waals surface area contributed by atoms with E-state index in [-0.39, 0.29) is 24.0 Å². The molecule has 2 amide bonds. The summed E-state index contributed by atoms with van der Waals surface area (Å²) < 4.78 is 5.94. The Bertz CT molecular complexity index is 668. The molecule has 122 valence electrons. The summed E-state index contributed by atoms with van der Waals surface area (Å²) in [4.78, 5) is 27.5. The molecule has 3 aliphatic rings. The fraction of sp³-hybridized carbons (Fsp3) is 0.474. The summed E-state index contributed by atoms with van der Waals surface area (Å²) in [6.45, 7) is 7.75. The third-order valence-electron chi connectivity index (χ3n) is 5.57. The first-order valence-corrected chi connectivity index (χ1v) is 8.27. The maximum absolute atomic E-state index is 13.1. The highest BCUT2D eigenvalue weighted by Gasteiger charge is 2.75. The average Bonchev–Trinajstić information content (AvgIpc) is 2.86. The maximum atomic E-state index is 13.1. The molecule has 0 saturated carbocycles. The zero-order valence-electron chi connectivity index (χ0n) is 14.1. The fourth-order valence-corrected chi connectivity index (χ4v) is 4.01. The van der Waals surface area contributed by atoms with Gasteiger partial charge in [0.1, 0.15) is 0 Å². The normalized spacial score (nSPS) is 37.5. The molecular weight excluding hydrogens is 290 g/mol. The van der Waals surface area contributed by atoms with Gasteiger partial charge in [0.2, 0.25) is 11.8 Å². The molecule has 2 saturated heterocycles. The molecule has 2 fully saturated rings. The highest BCUT2D eigenvalue weighted by atomic mass is 16.5. The van der Waals surface area contributed by atoms with Crippen LogP contribution in [-0.4, -0.2) is 24.0 Å². The van der Waals surface area contributed by atoms with Crippen LogP contribution in [0.5, 0.6) is 0 Å². The van der Waals surface area contributed by atoms with E-state index >= 15 is 0 Å². The van der Waals surface area contributed by atoms with Gasteiger partial charge in [-0.3, -0.25) is 9.59 Å². The summed E-state index contributed by atoms with van der Waals surface area (Å²) in [5.74, 6) is -0.294. The van der Waals surface area contributed by atoms with Crippen molar-refractivity contribution in [3.05, 3.63) is 42.5 Å². The molecule has 2 bridgehead atoms. The van der Waals surface area contributed by atoms with E-state index in [1.807, 2.05) is 58.0 Å². The van der Waals surface area contributed by atoms with Gasteiger partial charge in [-0.2, -0.15) is 0 Å². The summed E-state index contributed by atoms with van der Waals surface area (Å²) in [6.07, 6.45) is 4.11. The second-order valence-corrected chi connectivity index (χ2v) is 6.40. The molecule has 4 heteroatoms. The molecule has 3 aliphatic heterocycles. The number of nitrogens with zero attached hydrogens (tertiary/aromatic N) is 1. The Morgan fingerprint density at radius 3 is 2.30 bits per heavy atom. The Labute approximate surface area is 137 Å². The first kappa shape index (κ1) is 15.9. The van der Waals surface area contributed by atoms with Gasteiger partial charge in [-0.05, 0) is 32.4 Å². The predicted octanol–water partition coefficient (Wildman–Crippen LogP) is 3.33. The van der Waals surface area contributed by atoms with E-state index in [0.29, 0.717) is 12.1 Å². The Morgan fingerprint density at radius 2 is 1.65 bits per heavy atom. The van der Waals surface area contributed by atoms with E-state index in [0.717, 1.165) is 0 Å². The molecule has 4 rings (SSSR count). The molecule has 0 N–H and O–H groups in total. The Hall–Kier alpha value is -1.94. The topological polar surface area (TPSA) is 46.6 Å². The number of hydrogen-bond donors (Lipinski definition) is 0. The van der Waals surface area contributed by atoms with Crippen molar-refractivity contribution in [1.82, 2.24) is 0 Å². The average molecular weight is 313 g/mol. The minimum Gasteiger partial charge on any atom is -0.368 e. The van der Waals surface area contributed by atoms with Crippen LogP contribution in [-0.2, 0) is 14.3 Å². The van der Waals surface area contributed by atoms with Gasteiger partial charge in [-0.15, -0.1) is 0 Å². The van der Waals surface area contributed by atoms with Crippen LogP contribution in [0.2, 0.25) is 0 Å². The molecule has 4 atom stereocenters. The van der Waals surface area contributed by atoms with Crippen LogP contribution < -0.4 is 4.90 Å². The number of hydrogen-bond acceptors (Lipinski definition) is 3. The second kappa shape index (κ2) is 5.31. The summed E-state index contributed by atoms with van der Waals surface area (Å²) in [5, 5.41) is 0. The molecule has 0 spiro atoms. The number of carbonyl (C=O) groups is 2. The lowest BCUT2D eigenvalue weighted by molar-refractivity contribution is -0.130. The highest BCUT2D eigenvalue weighted by molar-refractivity contribution is 6.26. The lowest BCUT2D eigenvalue weighted by Gasteiger charge is -2.30. The van der Waals surface area contributed by atoms with Crippen LogP contribution in [0.25, 0.3) is 0 Å². The number of imide groups is 1. The molecular formula is C19H23NO3. The Kier molecular flexibility index (Phi) is 3.68. The third-order valence-corrected chi connectivity index (χ3v) is 5.57. The summed E-state index contributed by atoms with van der Waals surface area (Å²) in [5.41, 5.74) is -0.975. The smallest absolute Gasteiger partial charge is 0.243 e. The fourth-order valence-electron chi connectivity index (χ4n) is 4.01. The second-order valence-electron chi connectivity index (χ2n) is 6.40. The number of fused-ring (bicyclic) bond motifs is 5. The standard InChI is InChI=1S/C17H17NO3.C2H6/c1-16-12-9-6-10-13(21-12)17(16,2)15(20)18(14(16)19)11-7-4-3-5-8-11;1-2/h3-9,12-13H,10H2,1-2H3;1-2H3. The first-order chi connectivity index (χ1) is 11.0. The van der Waals surface area contributed by atoms with Gasteiger partial charge in [0.15, 0.2) is 0 Å². The monoisotopic (exact) mass is 313 g/mol. The van der Waals surface area contributed by atoms with Gasteiger partial charge in [0.25, 0.3) is 0 Å². The van der Waals surface area contributed by atoms with Gasteiger partial charge in [0, 0.05) is 0 Å². The third kappa shape index (κ3) is 1.75. The van der Waals surface area contributed by atoms with Crippen LogP contribution in [0, 0.1) is 10.8 Å². The van der Waals surface area contributed by atoms with Gasteiger partial charge < -0.3 is 4.74 Å². The quantitative estimate of drug-likeness (QED) is 0.590. The predicted molar refractivity (Wildman–Crippen MR) is 88.9 cm³/mol. The summed E-state index contributed by atoms with van der Waals surface area (Å²) in [7, 11) is 0. The number of para-hydroxylation sites is 1. The van der Waals surface area contributed by atoms with Crippen LogP contribution in [0.3, 0.4) is 0 Å². The van der Waals surface area contributed by atoms with E-state index < -0.39 is 10.8 Å². The maximum Gasteiger partial charge on any atom is 0.243 e. The molecule has 3 heterocycles. The molecule has 4 nitrogen and oxygen atoms in total. The zero-order valence-corrected chi connectivity index (χ0v) is 14.1. The van der Waals surface area contributed by atoms with E-state index in [4.69, 9.17) is 4.74 Å². The van der Waals surface area contributed by atoms with Crippen molar-refractivity contribution in [2.75, 3.05) is 4.90 Å². The molecule has 0 radical (unpaired) electrons. The minimum atomic E-state index is -0.822. The van der Waals surface area contributed by atoms with Gasteiger partial charge >= 0.3 is 0 Å². The Balaban J connectivity index is 0.000000753. The molecule has 0 aliphatic carbocycles. The summed E-state index contributed by atoms with van der Waals surface area (Å²) in [6, 6.07) is 9.16. The Morgan fingerprint density at radius 1 is 1.04 bits per heavy atom. The molecule has 1 aromatic rings. The number of ether oxygens (including phenoxy) is 1. The van der Waals surface area contributed by atoms with Crippen molar-refractivity contribution >= 4 is 17.5 Å². The van der Waals surface area contributed by atoms with Crippen molar-refractivity contribution < 1.29 is 14.3 Å². The van der Waals surface area contributed by atoms with Gasteiger partial charge in [-0.25, -0.2) is 4.90 Å². The van der Waals surface area contributed by atoms with Crippen LogP contribution in [0.1, 0.15) is 34.1 Å². The first-order valence-electron chi connectivity index (χ1n) is 8.27. The van der Waals surface area contributed by atoms with Crippen molar-refractivity contribution in [2.24, 2.45) is 10.8 Å². The van der Waals surface area contributed by atoms with Crippen molar-refractivity contribution in [3.63, 3.8) is 0 Å². The number of benzene rings is 1. The SMILES string of the molecule is CC.CC12C(=O)N(c3ccccc3)C(=O)C1(C)C1CC=CC2O1. The molecule has 1 aromatic carbocycles. The number of carbonyl (C=O) groups excluding carboxylic acids is 2. The lowest BCUT2D eigenvalue weighted by Crippen LogP contribution is -2.44. The molecule has 0 aromatic heterocycles. The van der Waals surface area contributed by atoms with Crippen LogP contribution >= 0.6 is 0 Å². The number of anilines is 1. The van der Waals surface area contributed by atoms with Gasteiger partial charge in [0.05, 0.1) is 28.7 Å². The number of amides is 2. The van der Waals surface area contributed by atoms with Gasteiger partial charge in [-0.1, -0.05) is 44.2 Å². The highest BCUT2D eigenvalue weighted by Crippen LogP contribution is 2.61. The van der Waals surface area contributed by atoms with Crippen molar-refractivity contribution in [1.29, 1.82) is 0 Å². The van der Waals surface area contributed by atoms with E-state index in [1.54, 1.807) is 12.1 Å².